The molecule has 1 aliphatic rings. The first-order valence-corrected chi connectivity index (χ1v) is 8.82. The quantitative estimate of drug-likeness (QED) is 0.608. The van der Waals surface area contributed by atoms with Crippen LogP contribution < -0.4 is 4.90 Å². The van der Waals surface area contributed by atoms with Gasteiger partial charge in [0.05, 0.1) is 17.1 Å². The van der Waals surface area contributed by atoms with Crippen LogP contribution in [0.25, 0.3) is 0 Å². The lowest BCUT2D eigenvalue weighted by Crippen LogP contribution is -2.27. The molecular formula is C21H15BrN2O. The number of anilines is 2. The van der Waals surface area contributed by atoms with Gasteiger partial charge in [0.25, 0.3) is 5.91 Å². The van der Waals surface area contributed by atoms with E-state index in [1.54, 1.807) is 4.90 Å². The van der Waals surface area contributed by atoms with E-state index >= 15 is 0 Å². The maximum absolute atomic E-state index is 12.9. The van der Waals surface area contributed by atoms with Crippen LogP contribution in [0.1, 0.15) is 11.1 Å². The molecule has 0 spiro atoms. The Labute approximate surface area is 154 Å². The number of rotatable bonds is 2. The van der Waals surface area contributed by atoms with E-state index in [0.717, 1.165) is 32.7 Å². The van der Waals surface area contributed by atoms with Gasteiger partial charge in [-0.25, -0.2) is 0 Å². The Morgan fingerprint density at radius 1 is 0.800 bits per heavy atom. The van der Waals surface area contributed by atoms with E-state index in [1.807, 2.05) is 78.9 Å². The van der Waals surface area contributed by atoms with Crippen LogP contribution in [-0.2, 0) is 4.79 Å². The molecule has 0 saturated heterocycles. The van der Waals surface area contributed by atoms with Crippen molar-refractivity contribution in [3.63, 3.8) is 0 Å². The standard InChI is InChI=1S/C21H15BrN2O/c22-17-11-5-7-13-19(17)24-18-12-6-4-10-16(18)21(23-14-20(24)25)15-8-2-1-3-9-15/h1-13H,14H2. The van der Waals surface area contributed by atoms with Gasteiger partial charge >= 0.3 is 0 Å². The zero-order valence-corrected chi connectivity index (χ0v) is 15.0. The molecule has 0 fully saturated rings. The molecule has 3 aromatic carbocycles. The molecule has 1 amide bonds. The third kappa shape index (κ3) is 2.89. The largest absolute Gasteiger partial charge is 0.278 e. The smallest absolute Gasteiger partial charge is 0.253 e. The third-order valence-corrected chi connectivity index (χ3v) is 4.83. The van der Waals surface area contributed by atoms with Gasteiger partial charge in [-0.1, -0.05) is 60.7 Å². The predicted octanol–water partition coefficient (Wildman–Crippen LogP) is 4.96. The van der Waals surface area contributed by atoms with Gasteiger partial charge in [-0.15, -0.1) is 0 Å². The molecule has 0 atom stereocenters. The molecular weight excluding hydrogens is 376 g/mol. The lowest BCUT2D eigenvalue weighted by molar-refractivity contribution is -0.116. The first kappa shape index (κ1) is 15.8. The number of hydrogen-bond donors (Lipinski definition) is 0. The molecule has 0 aromatic heterocycles. The van der Waals surface area contributed by atoms with Gasteiger partial charge in [-0.2, -0.15) is 0 Å². The highest BCUT2D eigenvalue weighted by Gasteiger charge is 2.27. The molecule has 1 heterocycles. The van der Waals surface area contributed by atoms with Crippen molar-refractivity contribution in [1.82, 2.24) is 0 Å². The maximum Gasteiger partial charge on any atom is 0.253 e. The molecule has 0 N–H and O–H groups in total. The van der Waals surface area contributed by atoms with Gasteiger partial charge in [-0.3, -0.25) is 14.7 Å². The summed E-state index contributed by atoms with van der Waals surface area (Å²) in [5.41, 5.74) is 4.48. The number of halogens is 1. The summed E-state index contributed by atoms with van der Waals surface area (Å²) in [5.74, 6) is -0.0507. The van der Waals surface area contributed by atoms with Crippen molar-refractivity contribution in [2.75, 3.05) is 11.4 Å². The maximum atomic E-state index is 12.9. The van der Waals surface area contributed by atoms with E-state index in [9.17, 15) is 4.79 Å². The topological polar surface area (TPSA) is 32.7 Å². The monoisotopic (exact) mass is 390 g/mol. The molecule has 4 heteroatoms. The number of carbonyl (C=O) groups is 1. The molecule has 0 saturated carbocycles. The van der Waals surface area contributed by atoms with Crippen LogP contribution in [-0.4, -0.2) is 18.2 Å². The normalized spacial score (nSPS) is 13.9. The van der Waals surface area contributed by atoms with E-state index < -0.39 is 0 Å². The average molecular weight is 391 g/mol. The fourth-order valence-electron chi connectivity index (χ4n) is 3.05. The minimum atomic E-state index is -0.0507. The Morgan fingerprint density at radius 3 is 2.20 bits per heavy atom. The Hall–Kier alpha value is -2.72. The summed E-state index contributed by atoms with van der Waals surface area (Å²) < 4.78 is 0.876. The van der Waals surface area contributed by atoms with Crippen molar-refractivity contribution in [2.24, 2.45) is 4.99 Å². The molecule has 3 nitrogen and oxygen atoms in total. The van der Waals surface area contributed by atoms with Crippen LogP contribution in [0.4, 0.5) is 11.4 Å². The van der Waals surface area contributed by atoms with Crippen LogP contribution in [0.5, 0.6) is 0 Å². The van der Waals surface area contributed by atoms with Gasteiger partial charge in [-0.05, 0) is 34.1 Å². The number of amides is 1. The number of benzodiazepines with no additional fused rings is 1. The summed E-state index contributed by atoms with van der Waals surface area (Å²) in [6, 6.07) is 25.6. The predicted molar refractivity (Wildman–Crippen MR) is 105 cm³/mol. The summed E-state index contributed by atoms with van der Waals surface area (Å²) in [7, 11) is 0. The number of nitrogens with zero attached hydrogens (tertiary/aromatic N) is 2. The van der Waals surface area contributed by atoms with E-state index in [2.05, 4.69) is 20.9 Å². The molecule has 3 aromatic rings. The Bertz CT molecular complexity index is 966. The van der Waals surface area contributed by atoms with Crippen LogP contribution in [0.15, 0.2) is 88.3 Å². The average Bonchev–Trinajstić information content (AvgIpc) is 2.79. The first-order valence-electron chi connectivity index (χ1n) is 8.02. The number of fused-ring (bicyclic) bond motifs is 1. The molecule has 122 valence electrons. The van der Waals surface area contributed by atoms with Crippen molar-refractivity contribution in [2.45, 2.75) is 0 Å². The van der Waals surface area contributed by atoms with Gasteiger partial charge in [0.1, 0.15) is 6.54 Å². The Balaban J connectivity index is 1.93. The summed E-state index contributed by atoms with van der Waals surface area (Å²) in [6.07, 6.45) is 0. The first-order chi connectivity index (χ1) is 12.3. The minimum Gasteiger partial charge on any atom is -0.278 e. The van der Waals surface area contributed by atoms with Crippen LogP contribution in [0.3, 0.4) is 0 Å². The van der Waals surface area contributed by atoms with E-state index in [-0.39, 0.29) is 12.5 Å². The highest BCUT2D eigenvalue weighted by atomic mass is 79.9. The SMILES string of the molecule is O=C1CN=C(c2ccccc2)c2ccccc2N1c1ccccc1Br. The summed E-state index contributed by atoms with van der Waals surface area (Å²) in [5, 5.41) is 0. The zero-order valence-electron chi connectivity index (χ0n) is 13.4. The number of aliphatic imine (C=N–C) groups is 1. The minimum absolute atomic E-state index is 0.0507. The number of carbonyl (C=O) groups excluding carboxylic acids is 1. The molecule has 25 heavy (non-hydrogen) atoms. The van der Waals surface area contributed by atoms with Crippen molar-refractivity contribution < 1.29 is 4.79 Å². The van der Waals surface area contributed by atoms with Gasteiger partial charge in [0.2, 0.25) is 0 Å². The highest BCUT2D eigenvalue weighted by molar-refractivity contribution is 9.10. The summed E-state index contributed by atoms with van der Waals surface area (Å²) >= 11 is 3.57. The number of hydrogen-bond acceptors (Lipinski definition) is 2. The lowest BCUT2D eigenvalue weighted by atomic mass is 10.00. The van der Waals surface area contributed by atoms with Crippen molar-refractivity contribution in [3.05, 3.63) is 94.5 Å². The molecule has 1 aliphatic heterocycles. The fourth-order valence-corrected chi connectivity index (χ4v) is 3.51. The second kappa shape index (κ2) is 6.65. The van der Waals surface area contributed by atoms with Crippen molar-refractivity contribution >= 4 is 38.9 Å². The molecule has 4 rings (SSSR count). The molecule has 0 aliphatic carbocycles. The molecule has 0 bridgehead atoms. The summed E-state index contributed by atoms with van der Waals surface area (Å²) in [6.45, 7) is 0.111. The van der Waals surface area contributed by atoms with Crippen LogP contribution >= 0.6 is 15.9 Å². The van der Waals surface area contributed by atoms with Gasteiger partial charge in [0.15, 0.2) is 0 Å². The van der Waals surface area contributed by atoms with E-state index in [4.69, 9.17) is 0 Å². The van der Waals surface area contributed by atoms with E-state index in [1.165, 1.54) is 0 Å². The third-order valence-electron chi connectivity index (χ3n) is 4.16. The Kier molecular flexibility index (Phi) is 4.20. The Morgan fingerprint density at radius 2 is 1.44 bits per heavy atom. The number of para-hydroxylation sites is 2. The van der Waals surface area contributed by atoms with Crippen molar-refractivity contribution in [3.8, 4) is 0 Å². The highest BCUT2D eigenvalue weighted by Crippen LogP contribution is 2.36. The summed E-state index contributed by atoms with van der Waals surface area (Å²) in [4.78, 5) is 19.3. The second-order valence-electron chi connectivity index (χ2n) is 5.73. The molecule has 0 radical (unpaired) electrons. The van der Waals surface area contributed by atoms with Gasteiger partial charge in [0, 0.05) is 15.6 Å². The zero-order chi connectivity index (χ0) is 17.2. The van der Waals surface area contributed by atoms with Crippen LogP contribution in [0, 0.1) is 0 Å². The van der Waals surface area contributed by atoms with Gasteiger partial charge < -0.3 is 0 Å². The second-order valence-corrected chi connectivity index (χ2v) is 6.58. The number of benzene rings is 3. The van der Waals surface area contributed by atoms with Crippen molar-refractivity contribution in [1.29, 1.82) is 0 Å². The fraction of sp³-hybridized carbons (Fsp3) is 0.0476. The van der Waals surface area contributed by atoms with Crippen LogP contribution in [0.2, 0.25) is 0 Å². The molecule has 0 unspecified atom stereocenters. The van der Waals surface area contributed by atoms with E-state index in [0.29, 0.717) is 0 Å². The lowest BCUT2D eigenvalue weighted by Gasteiger charge is -2.24.